The molecular formula is C14H26N4O2. The topological polar surface area (TPSA) is 70.5 Å². The van der Waals surface area contributed by atoms with E-state index in [1.54, 1.807) is 0 Å². The van der Waals surface area contributed by atoms with Crippen molar-refractivity contribution in [2.75, 3.05) is 37.0 Å². The predicted molar refractivity (Wildman–Crippen MR) is 81.1 cm³/mol. The third-order valence-electron chi connectivity index (χ3n) is 2.93. The Kier molecular flexibility index (Phi) is 7.25. The van der Waals surface area contributed by atoms with E-state index in [2.05, 4.69) is 34.0 Å². The van der Waals surface area contributed by atoms with Gasteiger partial charge >= 0.3 is 0 Å². The highest BCUT2D eigenvalue weighted by Gasteiger charge is 2.14. The molecule has 0 atom stereocenters. The Hall–Kier alpha value is -1.40. The zero-order valence-corrected chi connectivity index (χ0v) is 12.9. The number of rotatable bonds is 9. The Bertz CT molecular complexity index is 399. The Balaban J connectivity index is 2.99. The zero-order chi connectivity index (χ0) is 15.0. The van der Waals surface area contributed by atoms with Crippen molar-refractivity contribution < 1.29 is 9.84 Å². The molecule has 6 heteroatoms. The molecule has 6 nitrogen and oxygen atoms in total. The molecule has 0 bridgehead atoms. The number of nitrogens with one attached hydrogen (secondary N) is 1. The number of hydrogen-bond donors (Lipinski definition) is 2. The fraction of sp³-hybridized carbons (Fsp3) is 0.714. The van der Waals surface area contributed by atoms with Crippen LogP contribution in [-0.2, 0) is 11.3 Å². The molecule has 0 unspecified atom stereocenters. The fourth-order valence-electron chi connectivity index (χ4n) is 1.89. The van der Waals surface area contributed by atoms with Gasteiger partial charge in [-0.25, -0.2) is 9.97 Å². The highest BCUT2D eigenvalue weighted by atomic mass is 16.5. The van der Waals surface area contributed by atoms with Crippen LogP contribution in [0.1, 0.15) is 33.0 Å². The van der Waals surface area contributed by atoms with Gasteiger partial charge in [0.25, 0.3) is 0 Å². The summed E-state index contributed by atoms with van der Waals surface area (Å²) in [7, 11) is 1.84. The van der Waals surface area contributed by atoms with Gasteiger partial charge in [-0.1, -0.05) is 0 Å². The van der Waals surface area contributed by atoms with Crippen molar-refractivity contribution in [3.8, 4) is 0 Å². The summed E-state index contributed by atoms with van der Waals surface area (Å²) in [6, 6.07) is 2.23. The van der Waals surface area contributed by atoms with Crippen molar-refractivity contribution in [2.45, 2.75) is 39.8 Å². The van der Waals surface area contributed by atoms with Gasteiger partial charge in [-0.2, -0.15) is 0 Å². The first-order valence-electron chi connectivity index (χ1n) is 7.13. The number of aromatic nitrogens is 2. The van der Waals surface area contributed by atoms with Crippen LogP contribution in [0.5, 0.6) is 0 Å². The molecule has 0 saturated heterocycles. The van der Waals surface area contributed by atoms with E-state index in [0.29, 0.717) is 25.1 Å². The van der Waals surface area contributed by atoms with Crippen LogP contribution >= 0.6 is 0 Å². The normalized spacial score (nSPS) is 10.9. The van der Waals surface area contributed by atoms with Crippen LogP contribution in [0.2, 0.25) is 0 Å². The molecule has 1 aromatic rings. The van der Waals surface area contributed by atoms with Crippen LogP contribution in [0.3, 0.4) is 0 Å². The molecule has 0 aliphatic carbocycles. The van der Waals surface area contributed by atoms with Gasteiger partial charge in [0.05, 0.1) is 0 Å². The summed E-state index contributed by atoms with van der Waals surface area (Å²) >= 11 is 0. The summed E-state index contributed by atoms with van der Waals surface area (Å²) in [6.07, 6.45) is 0.720. The molecule has 114 valence electrons. The first-order valence-corrected chi connectivity index (χ1v) is 7.13. The van der Waals surface area contributed by atoms with Crippen LogP contribution in [0.4, 0.5) is 11.6 Å². The van der Waals surface area contributed by atoms with E-state index in [4.69, 9.17) is 9.84 Å². The number of anilines is 2. The minimum atomic E-state index is 0.180. The van der Waals surface area contributed by atoms with Crippen molar-refractivity contribution >= 4 is 11.6 Å². The smallest absolute Gasteiger partial charge is 0.158 e. The van der Waals surface area contributed by atoms with Gasteiger partial charge in [-0.15, -0.1) is 0 Å². The molecule has 0 aromatic carbocycles. The maximum absolute atomic E-state index is 9.02. The van der Waals surface area contributed by atoms with Gasteiger partial charge in [0.2, 0.25) is 0 Å². The molecule has 0 radical (unpaired) electrons. The molecule has 20 heavy (non-hydrogen) atoms. The molecule has 0 aliphatic rings. The van der Waals surface area contributed by atoms with E-state index in [1.807, 2.05) is 20.0 Å². The maximum atomic E-state index is 9.02. The second-order valence-corrected chi connectivity index (χ2v) is 4.78. The summed E-state index contributed by atoms with van der Waals surface area (Å²) in [5, 5.41) is 12.1. The van der Waals surface area contributed by atoms with Crippen LogP contribution < -0.4 is 10.2 Å². The van der Waals surface area contributed by atoms with Crippen molar-refractivity contribution in [2.24, 2.45) is 0 Å². The Morgan fingerprint density at radius 3 is 2.70 bits per heavy atom. The molecule has 0 aliphatic heterocycles. The van der Waals surface area contributed by atoms with Gasteiger partial charge in [0, 0.05) is 38.9 Å². The summed E-state index contributed by atoms with van der Waals surface area (Å²) in [4.78, 5) is 11.1. The molecular weight excluding hydrogens is 256 g/mol. The third-order valence-corrected chi connectivity index (χ3v) is 2.93. The Labute approximate surface area is 121 Å². The summed E-state index contributed by atoms with van der Waals surface area (Å²) in [5.41, 5.74) is 0. The lowest BCUT2D eigenvalue weighted by molar-refractivity contribution is 0.128. The number of nitrogens with zero attached hydrogens (tertiary/aromatic N) is 3. The average Bonchev–Trinajstić information content (AvgIpc) is 2.45. The molecule has 1 aromatic heterocycles. The predicted octanol–water partition coefficient (Wildman–Crippen LogP) is 1.65. The largest absolute Gasteiger partial charge is 0.396 e. The molecule has 1 heterocycles. The molecule has 0 fully saturated rings. The number of aliphatic hydroxyl groups is 1. The highest BCUT2D eigenvalue weighted by Crippen LogP contribution is 2.19. The van der Waals surface area contributed by atoms with E-state index >= 15 is 0 Å². The van der Waals surface area contributed by atoms with Crippen molar-refractivity contribution in [1.82, 2.24) is 9.97 Å². The van der Waals surface area contributed by atoms with Crippen molar-refractivity contribution in [3.63, 3.8) is 0 Å². The van der Waals surface area contributed by atoms with E-state index in [1.165, 1.54) is 0 Å². The summed E-state index contributed by atoms with van der Waals surface area (Å²) in [5.74, 6) is 2.31. The average molecular weight is 282 g/mol. The van der Waals surface area contributed by atoms with Crippen LogP contribution in [-0.4, -0.2) is 47.9 Å². The van der Waals surface area contributed by atoms with Crippen LogP contribution in [0, 0.1) is 0 Å². The fourth-order valence-corrected chi connectivity index (χ4v) is 1.89. The quantitative estimate of drug-likeness (QED) is 0.717. The molecule has 1 rings (SSSR count). The van der Waals surface area contributed by atoms with Gasteiger partial charge in [-0.05, 0) is 27.2 Å². The Morgan fingerprint density at radius 1 is 1.40 bits per heavy atom. The summed E-state index contributed by atoms with van der Waals surface area (Å²) in [6.45, 7) is 8.17. The number of hydrogen-bond acceptors (Lipinski definition) is 6. The van der Waals surface area contributed by atoms with Crippen molar-refractivity contribution in [1.29, 1.82) is 0 Å². The standard InChI is InChI=1S/C14H26N4O2/c1-5-20-10-13-16-12(15-4)9-14(17-13)18(11(2)3)7-6-8-19/h9,11,19H,5-8,10H2,1-4H3,(H,15,16,17). The van der Waals surface area contributed by atoms with E-state index in [-0.39, 0.29) is 6.61 Å². The SMILES string of the molecule is CCOCc1nc(NC)cc(N(CCCO)C(C)C)n1. The molecule has 0 saturated carbocycles. The highest BCUT2D eigenvalue weighted by molar-refractivity contribution is 5.49. The maximum Gasteiger partial charge on any atom is 0.158 e. The molecule has 2 N–H and O–H groups in total. The van der Waals surface area contributed by atoms with Crippen LogP contribution in [0.15, 0.2) is 6.07 Å². The number of ether oxygens (including phenoxy) is 1. The lowest BCUT2D eigenvalue weighted by Gasteiger charge is -2.28. The third kappa shape index (κ3) is 4.94. The zero-order valence-electron chi connectivity index (χ0n) is 12.9. The van der Waals surface area contributed by atoms with E-state index in [9.17, 15) is 0 Å². The van der Waals surface area contributed by atoms with Gasteiger partial charge in [0.15, 0.2) is 5.82 Å². The first-order chi connectivity index (χ1) is 9.62. The molecule has 0 amide bonds. The minimum Gasteiger partial charge on any atom is -0.396 e. The van der Waals surface area contributed by atoms with Gasteiger partial charge < -0.3 is 20.1 Å². The number of aliphatic hydroxyl groups excluding tert-OH is 1. The van der Waals surface area contributed by atoms with Crippen LogP contribution in [0.25, 0.3) is 0 Å². The lowest BCUT2D eigenvalue weighted by Crippen LogP contribution is -2.33. The monoisotopic (exact) mass is 282 g/mol. The van der Waals surface area contributed by atoms with Gasteiger partial charge in [-0.3, -0.25) is 0 Å². The Morgan fingerprint density at radius 2 is 2.15 bits per heavy atom. The van der Waals surface area contributed by atoms with E-state index < -0.39 is 0 Å². The van der Waals surface area contributed by atoms with Gasteiger partial charge in [0.1, 0.15) is 18.2 Å². The van der Waals surface area contributed by atoms with Crippen molar-refractivity contribution in [3.05, 3.63) is 11.9 Å². The van der Waals surface area contributed by atoms with E-state index in [0.717, 1.165) is 24.6 Å². The summed E-state index contributed by atoms with van der Waals surface area (Å²) < 4.78 is 5.38. The first kappa shape index (κ1) is 16.7. The second kappa shape index (κ2) is 8.71. The minimum absolute atomic E-state index is 0.180. The molecule has 0 spiro atoms. The second-order valence-electron chi connectivity index (χ2n) is 4.78. The lowest BCUT2D eigenvalue weighted by atomic mass is 10.2.